The molecule has 1 aliphatic rings. The van der Waals surface area contributed by atoms with Crippen molar-refractivity contribution in [3.8, 4) is 0 Å². The first-order valence-corrected chi connectivity index (χ1v) is 10.9. The van der Waals surface area contributed by atoms with E-state index in [1.54, 1.807) is 16.7 Å². The Morgan fingerprint density at radius 1 is 1.23 bits per heavy atom. The number of hydrogen-bond acceptors (Lipinski definition) is 5. The van der Waals surface area contributed by atoms with E-state index in [0.29, 0.717) is 32.8 Å². The molecular weight excluding hydrogens is 445 g/mol. The van der Waals surface area contributed by atoms with Crippen molar-refractivity contribution in [2.24, 2.45) is 5.10 Å². The average molecular weight is 462 g/mol. The van der Waals surface area contributed by atoms with Crippen LogP contribution in [0, 0.1) is 0 Å². The van der Waals surface area contributed by atoms with Gasteiger partial charge in [-0.05, 0) is 24.3 Å². The number of benzene rings is 2. The third-order valence-corrected chi connectivity index (χ3v) is 6.19. The molecule has 0 spiro atoms. The number of carbonyl (C=O) groups is 2. The number of fused-ring (bicyclic) bond motifs is 1. The van der Waals surface area contributed by atoms with Gasteiger partial charge in [-0.3, -0.25) is 14.5 Å². The van der Waals surface area contributed by atoms with Crippen LogP contribution in [0.2, 0.25) is 10.0 Å². The summed E-state index contributed by atoms with van der Waals surface area (Å²) in [5, 5.41) is 5.42. The number of anilines is 1. The predicted octanol–water partition coefficient (Wildman–Crippen LogP) is 4.07. The Morgan fingerprint density at radius 3 is 2.70 bits per heavy atom. The number of imidazole rings is 1. The van der Waals surface area contributed by atoms with Gasteiger partial charge in [0.05, 0.1) is 32.5 Å². The number of para-hydroxylation sites is 1. The number of hydrazone groups is 1. The number of hydrogen-bond donors (Lipinski definition) is 1. The number of carbonyl (C=O) groups excluding carboxylic acids is 2. The minimum atomic E-state index is -0.337. The molecule has 1 saturated heterocycles. The second kappa shape index (κ2) is 8.67. The van der Waals surface area contributed by atoms with Gasteiger partial charge in [0.2, 0.25) is 5.91 Å². The molecule has 1 aliphatic heterocycles. The van der Waals surface area contributed by atoms with Crippen LogP contribution in [0.5, 0.6) is 0 Å². The van der Waals surface area contributed by atoms with E-state index >= 15 is 0 Å². The first kappa shape index (κ1) is 20.7. The third-order valence-electron chi connectivity index (χ3n) is 4.54. The molecule has 0 aliphatic carbocycles. The molecule has 154 valence electrons. The summed E-state index contributed by atoms with van der Waals surface area (Å²) >= 11 is 13.5. The van der Waals surface area contributed by atoms with Gasteiger partial charge in [0.15, 0.2) is 5.17 Å². The first-order valence-electron chi connectivity index (χ1n) is 9.19. The van der Waals surface area contributed by atoms with E-state index in [2.05, 4.69) is 15.5 Å². The fraction of sp³-hybridized carbons (Fsp3) is 0.200. The van der Waals surface area contributed by atoms with Crippen molar-refractivity contribution in [3.05, 3.63) is 58.3 Å². The van der Waals surface area contributed by atoms with Gasteiger partial charge in [0.1, 0.15) is 12.4 Å². The van der Waals surface area contributed by atoms with E-state index in [-0.39, 0.29) is 24.1 Å². The number of rotatable bonds is 5. The fourth-order valence-electron chi connectivity index (χ4n) is 3.18. The molecule has 2 heterocycles. The molecule has 2 aromatic carbocycles. The van der Waals surface area contributed by atoms with Crippen LogP contribution in [0.15, 0.2) is 47.6 Å². The summed E-state index contributed by atoms with van der Waals surface area (Å²) in [5.74, 6) is 0.590. The summed E-state index contributed by atoms with van der Waals surface area (Å²) in [7, 11) is 0. The summed E-state index contributed by atoms with van der Waals surface area (Å²) in [6, 6.07) is 12.6. The first-order chi connectivity index (χ1) is 14.5. The third kappa shape index (κ3) is 4.03. The SMILES string of the molecule is CCc1nc2cc(Cl)c(Cl)cc2n1CC(=O)N/N=C1\SCC(=O)N1c1ccccc1. The lowest BCUT2D eigenvalue weighted by Gasteiger charge is -2.15. The molecule has 1 aromatic heterocycles. The van der Waals surface area contributed by atoms with Crippen LogP contribution in [0.1, 0.15) is 12.7 Å². The molecule has 1 N–H and O–H groups in total. The zero-order valence-corrected chi connectivity index (χ0v) is 18.3. The number of aryl methyl sites for hydroxylation is 1. The van der Waals surface area contributed by atoms with Gasteiger partial charge in [0, 0.05) is 6.42 Å². The van der Waals surface area contributed by atoms with E-state index in [1.807, 2.05) is 37.3 Å². The zero-order chi connectivity index (χ0) is 21.3. The standard InChI is InChI=1S/C20H17Cl2N5O2S/c1-2-17-23-15-8-13(21)14(22)9-16(15)26(17)10-18(28)24-25-20-27(19(29)11-30-20)12-6-4-3-5-7-12/h3-9H,2,10-11H2,1H3,(H,24,28)/b25-20-. The van der Waals surface area contributed by atoms with Crippen molar-refractivity contribution >= 4 is 68.7 Å². The maximum atomic E-state index is 12.6. The molecule has 10 heteroatoms. The number of aromatic nitrogens is 2. The maximum absolute atomic E-state index is 12.6. The number of nitrogens with one attached hydrogen (secondary N) is 1. The lowest BCUT2D eigenvalue weighted by Crippen LogP contribution is -2.32. The van der Waals surface area contributed by atoms with Crippen LogP contribution in [-0.2, 0) is 22.6 Å². The number of thioether (sulfide) groups is 1. The normalized spacial score (nSPS) is 15.4. The number of halogens is 2. The molecule has 0 atom stereocenters. The van der Waals surface area contributed by atoms with Crippen molar-refractivity contribution in [2.45, 2.75) is 19.9 Å². The Bertz CT molecular complexity index is 1160. The molecule has 2 amide bonds. The second-order valence-corrected chi connectivity index (χ2v) is 8.26. The van der Waals surface area contributed by atoms with Crippen LogP contribution in [0.4, 0.5) is 5.69 Å². The van der Waals surface area contributed by atoms with Gasteiger partial charge in [-0.2, -0.15) is 0 Å². The van der Waals surface area contributed by atoms with E-state index in [9.17, 15) is 9.59 Å². The van der Waals surface area contributed by atoms with E-state index in [4.69, 9.17) is 23.2 Å². The maximum Gasteiger partial charge on any atom is 0.260 e. The lowest BCUT2D eigenvalue weighted by molar-refractivity contribution is -0.121. The van der Waals surface area contributed by atoms with Gasteiger partial charge in [0.25, 0.3) is 5.91 Å². The van der Waals surface area contributed by atoms with Crippen molar-refractivity contribution in [1.82, 2.24) is 15.0 Å². The highest BCUT2D eigenvalue weighted by Crippen LogP contribution is 2.29. The van der Waals surface area contributed by atoms with E-state index in [1.165, 1.54) is 16.7 Å². The van der Waals surface area contributed by atoms with Crippen molar-refractivity contribution in [1.29, 1.82) is 0 Å². The van der Waals surface area contributed by atoms with Gasteiger partial charge in [-0.1, -0.05) is 60.1 Å². The van der Waals surface area contributed by atoms with Gasteiger partial charge >= 0.3 is 0 Å². The zero-order valence-electron chi connectivity index (χ0n) is 15.9. The summed E-state index contributed by atoms with van der Waals surface area (Å²) in [5.41, 5.74) is 4.66. The molecule has 0 radical (unpaired) electrons. The highest BCUT2D eigenvalue weighted by Gasteiger charge is 2.30. The molecule has 0 saturated carbocycles. The minimum Gasteiger partial charge on any atom is -0.318 e. The van der Waals surface area contributed by atoms with Crippen LogP contribution >= 0.6 is 35.0 Å². The largest absolute Gasteiger partial charge is 0.318 e. The summed E-state index contributed by atoms with van der Waals surface area (Å²) in [6.07, 6.45) is 0.637. The van der Waals surface area contributed by atoms with Gasteiger partial charge < -0.3 is 4.57 Å². The van der Waals surface area contributed by atoms with Gasteiger partial charge in [-0.25, -0.2) is 10.4 Å². The molecule has 7 nitrogen and oxygen atoms in total. The van der Waals surface area contributed by atoms with E-state index in [0.717, 1.165) is 11.3 Å². The summed E-state index contributed by atoms with van der Waals surface area (Å²) < 4.78 is 1.79. The van der Waals surface area contributed by atoms with Crippen molar-refractivity contribution < 1.29 is 9.59 Å². The Morgan fingerprint density at radius 2 is 1.97 bits per heavy atom. The quantitative estimate of drug-likeness (QED) is 0.580. The number of amides is 2. The molecular formula is C20H17Cl2N5O2S. The summed E-state index contributed by atoms with van der Waals surface area (Å²) in [6.45, 7) is 1.97. The van der Waals surface area contributed by atoms with Crippen molar-refractivity contribution in [3.63, 3.8) is 0 Å². The smallest absolute Gasteiger partial charge is 0.260 e. The fourth-order valence-corrected chi connectivity index (χ4v) is 4.33. The highest BCUT2D eigenvalue weighted by atomic mass is 35.5. The monoisotopic (exact) mass is 461 g/mol. The van der Waals surface area contributed by atoms with Crippen LogP contribution < -0.4 is 10.3 Å². The van der Waals surface area contributed by atoms with Crippen LogP contribution in [-0.4, -0.2) is 32.3 Å². The minimum absolute atomic E-state index is 0.0123. The Kier molecular flexibility index (Phi) is 5.99. The van der Waals surface area contributed by atoms with Gasteiger partial charge in [-0.15, -0.1) is 5.10 Å². The molecule has 3 aromatic rings. The molecule has 30 heavy (non-hydrogen) atoms. The average Bonchev–Trinajstić information content (AvgIpc) is 3.27. The lowest BCUT2D eigenvalue weighted by atomic mass is 10.3. The number of amidine groups is 1. The second-order valence-electron chi connectivity index (χ2n) is 6.51. The van der Waals surface area contributed by atoms with Crippen LogP contribution in [0.25, 0.3) is 11.0 Å². The van der Waals surface area contributed by atoms with Crippen molar-refractivity contribution in [2.75, 3.05) is 10.7 Å². The summed E-state index contributed by atoms with van der Waals surface area (Å²) in [4.78, 5) is 30.9. The molecule has 0 unspecified atom stereocenters. The Hall–Kier alpha value is -2.55. The van der Waals surface area contributed by atoms with Crippen LogP contribution in [0.3, 0.4) is 0 Å². The highest BCUT2D eigenvalue weighted by molar-refractivity contribution is 8.15. The van der Waals surface area contributed by atoms with E-state index < -0.39 is 0 Å². The molecule has 0 bridgehead atoms. The topological polar surface area (TPSA) is 79.6 Å². The number of nitrogens with zero attached hydrogens (tertiary/aromatic N) is 4. The predicted molar refractivity (Wildman–Crippen MR) is 121 cm³/mol. The Balaban J connectivity index is 1.55. The molecule has 4 rings (SSSR count). The molecule has 1 fully saturated rings. The Labute approximate surface area is 187 Å².